The summed E-state index contributed by atoms with van der Waals surface area (Å²) in [5.74, 6) is -1.47. The zero-order chi connectivity index (χ0) is 26.2. The minimum absolute atomic E-state index is 0.0325. The SMILES string of the molecule is CCc1ccc(C(=O)COC(=O)CCC(=O)Nc2sc3c(c2C(=O)NCC2CCCO2)CCCC3)cc1. The average Bonchev–Trinajstić information content (AvgIpc) is 3.57. The van der Waals surface area contributed by atoms with Crippen molar-refractivity contribution in [3.8, 4) is 0 Å². The van der Waals surface area contributed by atoms with E-state index in [0.29, 0.717) is 22.7 Å². The Morgan fingerprint density at radius 1 is 1.05 bits per heavy atom. The molecule has 0 spiro atoms. The Morgan fingerprint density at radius 2 is 1.84 bits per heavy atom. The highest BCUT2D eigenvalue weighted by Gasteiger charge is 2.27. The van der Waals surface area contributed by atoms with Crippen LogP contribution in [0.25, 0.3) is 0 Å². The van der Waals surface area contributed by atoms with Crippen LogP contribution in [0, 0.1) is 0 Å². The van der Waals surface area contributed by atoms with E-state index in [0.717, 1.165) is 67.6 Å². The zero-order valence-electron chi connectivity index (χ0n) is 21.2. The fourth-order valence-corrected chi connectivity index (χ4v) is 5.93. The second-order valence-corrected chi connectivity index (χ2v) is 10.5. The van der Waals surface area contributed by atoms with E-state index >= 15 is 0 Å². The highest BCUT2D eigenvalue weighted by molar-refractivity contribution is 7.17. The Kier molecular flexibility index (Phi) is 9.46. The minimum atomic E-state index is -0.617. The molecule has 0 bridgehead atoms. The lowest BCUT2D eigenvalue weighted by Gasteiger charge is -2.15. The van der Waals surface area contributed by atoms with Gasteiger partial charge in [-0.3, -0.25) is 19.2 Å². The van der Waals surface area contributed by atoms with Crippen molar-refractivity contribution < 1.29 is 28.7 Å². The molecule has 2 N–H and O–H groups in total. The highest BCUT2D eigenvalue weighted by Crippen LogP contribution is 2.38. The van der Waals surface area contributed by atoms with E-state index in [4.69, 9.17) is 9.47 Å². The van der Waals surface area contributed by atoms with Crippen molar-refractivity contribution in [1.82, 2.24) is 5.32 Å². The number of aryl methyl sites for hydroxylation is 2. The number of Topliss-reactive ketones (excluding diaryl/α,β-unsaturated/α-hetero) is 1. The van der Waals surface area contributed by atoms with Gasteiger partial charge in [-0.1, -0.05) is 31.2 Å². The largest absolute Gasteiger partial charge is 0.457 e. The first-order valence-corrected chi connectivity index (χ1v) is 13.9. The Balaban J connectivity index is 1.29. The first-order chi connectivity index (χ1) is 17.9. The maximum Gasteiger partial charge on any atom is 0.306 e. The fourth-order valence-electron chi connectivity index (χ4n) is 4.63. The van der Waals surface area contributed by atoms with Gasteiger partial charge in [0.1, 0.15) is 5.00 Å². The van der Waals surface area contributed by atoms with Crippen LogP contribution in [0.15, 0.2) is 24.3 Å². The van der Waals surface area contributed by atoms with Crippen molar-refractivity contribution in [2.24, 2.45) is 0 Å². The maximum atomic E-state index is 13.1. The van der Waals surface area contributed by atoms with Gasteiger partial charge in [-0.25, -0.2) is 0 Å². The summed E-state index contributed by atoms with van der Waals surface area (Å²) in [7, 11) is 0. The number of anilines is 1. The number of thiophene rings is 1. The lowest BCUT2D eigenvalue weighted by Crippen LogP contribution is -2.32. The number of ketones is 1. The molecule has 2 heterocycles. The molecule has 9 heteroatoms. The Hall–Kier alpha value is -3.04. The Bertz CT molecular complexity index is 1130. The zero-order valence-corrected chi connectivity index (χ0v) is 22.0. The predicted octanol–water partition coefficient (Wildman–Crippen LogP) is 4.24. The summed E-state index contributed by atoms with van der Waals surface area (Å²) in [5, 5.41) is 6.35. The molecule has 1 saturated heterocycles. The van der Waals surface area contributed by atoms with Crippen molar-refractivity contribution in [2.75, 3.05) is 25.1 Å². The number of carbonyl (C=O) groups is 4. The molecule has 0 radical (unpaired) electrons. The predicted molar refractivity (Wildman–Crippen MR) is 141 cm³/mol. The summed E-state index contributed by atoms with van der Waals surface area (Å²) in [6.45, 7) is 2.84. The molecule has 1 aromatic carbocycles. The van der Waals surface area contributed by atoms with Gasteiger partial charge in [0.25, 0.3) is 5.91 Å². The number of benzene rings is 1. The normalized spacial score (nSPS) is 16.6. The van der Waals surface area contributed by atoms with Crippen LogP contribution in [0.2, 0.25) is 0 Å². The van der Waals surface area contributed by atoms with Crippen LogP contribution in [0.1, 0.15) is 82.2 Å². The van der Waals surface area contributed by atoms with Gasteiger partial charge in [0.2, 0.25) is 5.91 Å². The third-order valence-electron chi connectivity index (χ3n) is 6.77. The molecule has 1 fully saturated rings. The monoisotopic (exact) mass is 526 g/mol. The summed E-state index contributed by atoms with van der Waals surface area (Å²) >= 11 is 1.44. The molecule has 37 heavy (non-hydrogen) atoms. The number of ether oxygens (including phenoxy) is 2. The number of carbonyl (C=O) groups excluding carboxylic acids is 4. The van der Waals surface area contributed by atoms with E-state index in [2.05, 4.69) is 10.6 Å². The van der Waals surface area contributed by atoms with Gasteiger partial charge < -0.3 is 20.1 Å². The van der Waals surface area contributed by atoms with Crippen LogP contribution in [0.4, 0.5) is 5.00 Å². The highest BCUT2D eigenvalue weighted by atomic mass is 32.1. The summed E-state index contributed by atoms with van der Waals surface area (Å²) in [5.41, 5.74) is 3.15. The molecule has 1 aromatic heterocycles. The number of amides is 2. The lowest BCUT2D eigenvalue weighted by atomic mass is 9.95. The third-order valence-corrected chi connectivity index (χ3v) is 7.98. The molecule has 4 rings (SSSR count). The van der Waals surface area contributed by atoms with E-state index in [-0.39, 0.29) is 43.2 Å². The number of hydrogen-bond acceptors (Lipinski definition) is 7. The van der Waals surface area contributed by atoms with E-state index in [9.17, 15) is 19.2 Å². The fraction of sp³-hybridized carbons (Fsp3) is 0.500. The van der Waals surface area contributed by atoms with Crippen molar-refractivity contribution >= 4 is 39.9 Å². The minimum Gasteiger partial charge on any atom is -0.457 e. The van der Waals surface area contributed by atoms with Crippen molar-refractivity contribution in [3.63, 3.8) is 0 Å². The molecule has 2 aromatic rings. The quantitative estimate of drug-likeness (QED) is 0.335. The number of rotatable bonds is 11. The molecule has 1 aliphatic carbocycles. The smallest absolute Gasteiger partial charge is 0.306 e. The van der Waals surface area contributed by atoms with Crippen molar-refractivity contribution in [2.45, 2.75) is 70.8 Å². The van der Waals surface area contributed by atoms with Gasteiger partial charge in [-0.15, -0.1) is 11.3 Å². The van der Waals surface area contributed by atoms with E-state index in [1.807, 2.05) is 19.1 Å². The number of fused-ring (bicyclic) bond motifs is 1. The Labute approximate surface area is 221 Å². The summed E-state index contributed by atoms with van der Waals surface area (Å²) in [6, 6.07) is 7.19. The Morgan fingerprint density at radius 3 is 2.57 bits per heavy atom. The van der Waals surface area contributed by atoms with E-state index in [1.165, 1.54) is 11.3 Å². The molecule has 1 aliphatic heterocycles. The summed E-state index contributed by atoms with van der Waals surface area (Å²) < 4.78 is 10.7. The van der Waals surface area contributed by atoms with Gasteiger partial charge in [-0.05, 0) is 56.1 Å². The van der Waals surface area contributed by atoms with Gasteiger partial charge in [0.05, 0.1) is 18.1 Å². The average molecular weight is 527 g/mol. The van der Waals surface area contributed by atoms with Gasteiger partial charge in [-0.2, -0.15) is 0 Å². The molecule has 1 unspecified atom stereocenters. The van der Waals surface area contributed by atoms with Crippen LogP contribution in [0.5, 0.6) is 0 Å². The first kappa shape index (κ1) is 27.0. The van der Waals surface area contributed by atoms with E-state index < -0.39 is 5.97 Å². The molecule has 0 saturated carbocycles. The number of nitrogens with one attached hydrogen (secondary N) is 2. The standard InChI is InChI=1S/C28H34N2O6S/c1-2-18-9-11-19(12-10-18)22(31)17-36-25(33)14-13-24(32)30-28-26(21-7-3-4-8-23(21)37-28)27(34)29-16-20-6-5-15-35-20/h9-12,20H,2-8,13-17H2,1H3,(H,29,34)(H,30,32). The van der Waals surface area contributed by atoms with Crippen LogP contribution >= 0.6 is 11.3 Å². The molecule has 198 valence electrons. The first-order valence-electron chi connectivity index (χ1n) is 13.1. The molecule has 2 amide bonds. The van der Waals surface area contributed by atoms with Crippen LogP contribution in [-0.2, 0) is 38.3 Å². The molecule has 1 atom stereocenters. The van der Waals surface area contributed by atoms with Gasteiger partial charge in [0, 0.05) is 30.0 Å². The second-order valence-electron chi connectivity index (χ2n) is 9.44. The third kappa shape index (κ3) is 7.26. The van der Waals surface area contributed by atoms with Crippen molar-refractivity contribution in [1.29, 1.82) is 0 Å². The second kappa shape index (κ2) is 13.0. The summed E-state index contributed by atoms with van der Waals surface area (Å²) in [4.78, 5) is 51.3. The van der Waals surface area contributed by atoms with Gasteiger partial charge in [0.15, 0.2) is 12.4 Å². The maximum absolute atomic E-state index is 13.1. The lowest BCUT2D eigenvalue weighted by molar-refractivity contribution is -0.143. The van der Waals surface area contributed by atoms with Crippen LogP contribution in [-0.4, -0.2) is 49.4 Å². The molecular weight excluding hydrogens is 492 g/mol. The molecule has 2 aliphatic rings. The summed E-state index contributed by atoms with van der Waals surface area (Å²) in [6.07, 6.45) is 6.36. The van der Waals surface area contributed by atoms with Crippen LogP contribution in [0.3, 0.4) is 0 Å². The van der Waals surface area contributed by atoms with Gasteiger partial charge >= 0.3 is 5.97 Å². The number of esters is 1. The topological polar surface area (TPSA) is 111 Å². The molecular formula is C28H34N2O6S. The van der Waals surface area contributed by atoms with E-state index in [1.54, 1.807) is 12.1 Å². The van der Waals surface area contributed by atoms with Crippen molar-refractivity contribution in [3.05, 3.63) is 51.4 Å². The molecule has 8 nitrogen and oxygen atoms in total. The number of hydrogen-bond donors (Lipinski definition) is 2. The van der Waals surface area contributed by atoms with Crippen LogP contribution < -0.4 is 10.6 Å².